The molecule has 5 heteroatoms. The van der Waals surface area contributed by atoms with Crippen molar-refractivity contribution in [3.05, 3.63) is 59.7 Å². The minimum Gasteiger partial charge on any atom is -0.496 e. The van der Waals surface area contributed by atoms with E-state index in [-0.39, 0.29) is 17.6 Å². The zero-order valence-electron chi connectivity index (χ0n) is 15.9. The van der Waals surface area contributed by atoms with Crippen LogP contribution in [0, 0.1) is 5.92 Å². The Kier molecular flexibility index (Phi) is 6.24. The van der Waals surface area contributed by atoms with Crippen LogP contribution >= 0.6 is 0 Å². The zero-order valence-corrected chi connectivity index (χ0v) is 15.9. The summed E-state index contributed by atoms with van der Waals surface area (Å²) in [5.74, 6) is 0.733. The Balaban J connectivity index is 1.64. The van der Waals surface area contributed by atoms with Gasteiger partial charge in [0.05, 0.1) is 12.7 Å². The molecule has 1 saturated heterocycles. The first-order valence-corrected chi connectivity index (χ1v) is 9.33. The number of likely N-dealkylation sites (tertiary alicyclic amines) is 1. The van der Waals surface area contributed by atoms with E-state index in [1.165, 1.54) is 12.5 Å². The van der Waals surface area contributed by atoms with Crippen LogP contribution < -0.4 is 10.1 Å². The number of ether oxygens (including phenoxy) is 1. The van der Waals surface area contributed by atoms with E-state index in [1.54, 1.807) is 7.11 Å². The van der Waals surface area contributed by atoms with Crippen LogP contribution in [0.5, 0.6) is 5.75 Å². The van der Waals surface area contributed by atoms with E-state index in [4.69, 9.17) is 4.74 Å². The second-order valence-corrected chi connectivity index (χ2v) is 7.02. The second-order valence-electron chi connectivity index (χ2n) is 7.02. The Morgan fingerprint density at radius 1 is 1.15 bits per heavy atom. The molecule has 0 bridgehead atoms. The smallest absolute Gasteiger partial charge is 0.221 e. The highest BCUT2D eigenvalue weighted by atomic mass is 16.5. The molecule has 27 heavy (non-hydrogen) atoms. The van der Waals surface area contributed by atoms with Gasteiger partial charge in [-0.3, -0.25) is 14.5 Å². The van der Waals surface area contributed by atoms with Crippen LogP contribution in [0.3, 0.4) is 0 Å². The fourth-order valence-electron chi connectivity index (χ4n) is 3.64. The van der Waals surface area contributed by atoms with Crippen LogP contribution in [0.1, 0.15) is 35.7 Å². The van der Waals surface area contributed by atoms with Crippen molar-refractivity contribution in [2.75, 3.05) is 25.5 Å². The molecule has 1 fully saturated rings. The molecule has 2 aromatic carbocycles. The van der Waals surface area contributed by atoms with Gasteiger partial charge < -0.3 is 10.1 Å². The topological polar surface area (TPSA) is 58.6 Å². The number of piperidine rings is 1. The van der Waals surface area contributed by atoms with Crippen LogP contribution in [-0.4, -0.2) is 36.8 Å². The summed E-state index contributed by atoms with van der Waals surface area (Å²) in [4.78, 5) is 26.4. The number of amides is 1. The molecular weight excluding hydrogens is 340 g/mol. The van der Waals surface area contributed by atoms with E-state index in [2.05, 4.69) is 10.2 Å². The van der Waals surface area contributed by atoms with Gasteiger partial charge in [-0.15, -0.1) is 0 Å². The summed E-state index contributed by atoms with van der Waals surface area (Å²) >= 11 is 0. The molecule has 0 aromatic heterocycles. The molecule has 1 N–H and O–H groups in total. The lowest BCUT2D eigenvalue weighted by molar-refractivity contribution is -0.114. The van der Waals surface area contributed by atoms with Gasteiger partial charge in [0, 0.05) is 31.6 Å². The summed E-state index contributed by atoms with van der Waals surface area (Å²) in [6, 6.07) is 15.3. The fourth-order valence-corrected chi connectivity index (χ4v) is 3.64. The number of carbonyl (C=O) groups excluding carboxylic acids is 2. The maximum atomic E-state index is 13.0. The number of rotatable bonds is 6. The first kappa shape index (κ1) is 19.1. The molecule has 1 heterocycles. The average Bonchev–Trinajstić information content (AvgIpc) is 2.69. The summed E-state index contributed by atoms with van der Waals surface area (Å²) in [7, 11) is 1.60. The molecule has 0 aliphatic carbocycles. The third-order valence-electron chi connectivity index (χ3n) is 4.93. The first-order valence-electron chi connectivity index (χ1n) is 9.33. The Bertz CT molecular complexity index is 801. The van der Waals surface area contributed by atoms with E-state index < -0.39 is 0 Å². The monoisotopic (exact) mass is 366 g/mol. The van der Waals surface area contributed by atoms with Crippen LogP contribution in [0.25, 0.3) is 0 Å². The highest BCUT2D eigenvalue weighted by molar-refractivity contribution is 6.00. The number of anilines is 1. The molecule has 1 amide bonds. The number of hydrogen-bond donors (Lipinski definition) is 1. The number of Topliss-reactive ketones (excluding diaryl/α,β-unsaturated/α-hetero) is 1. The maximum absolute atomic E-state index is 13.0. The van der Waals surface area contributed by atoms with Gasteiger partial charge in [-0.25, -0.2) is 0 Å². The molecule has 3 rings (SSSR count). The Hall–Kier alpha value is -2.66. The molecule has 5 nitrogen and oxygen atoms in total. The summed E-state index contributed by atoms with van der Waals surface area (Å²) < 4.78 is 5.35. The van der Waals surface area contributed by atoms with Gasteiger partial charge in [-0.05, 0) is 49.2 Å². The fraction of sp³-hybridized carbons (Fsp3) is 0.364. The summed E-state index contributed by atoms with van der Waals surface area (Å²) in [6.45, 7) is 4.05. The number of hydrogen-bond acceptors (Lipinski definition) is 4. The first-order chi connectivity index (χ1) is 13.1. The molecule has 1 unspecified atom stereocenters. The predicted molar refractivity (Wildman–Crippen MR) is 106 cm³/mol. The van der Waals surface area contributed by atoms with Gasteiger partial charge in [0.15, 0.2) is 5.78 Å². The van der Waals surface area contributed by atoms with Crippen molar-refractivity contribution < 1.29 is 14.3 Å². The lowest BCUT2D eigenvalue weighted by Gasteiger charge is -2.32. The molecule has 1 aliphatic rings. The quantitative estimate of drug-likeness (QED) is 0.791. The molecule has 1 aliphatic heterocycles. The number of benzene rings is 2. The number of para-hydroxylation sites is 1. The molecule has 1 atom stereocenters. The summed E-state index contributed by atoms with van der Waals surface area (Å²) in [5.41, 5.74) is 2.65. The molecule has 0 saturated carbocycles. The SMILES string of the molecule is COc1ccccc1C(=O)C1CCCN(Cc2ccc(NC(C)=O)cc2)C1. The average molecular weight is 366 g/mol. The molecular formula is C22H26N2O3. The Morgan fingerprint density at radius 3 is 2.59 bits per heavy atom. The minimum absolute atomic E-state index is 0.00583. The summed E-state index contributed by atoms with van der Waals surface area (Å²) in [6.07, 6.45) is 1.92. The van der Waals surface area contributed by atoms with E-state index in [0.29, 0.717) is 11.3 Å². The van der Waals surface area contributed by atoms with Crippen molar-refractivity contribution in [1.29, 1.82) is 0 Å². The van der Waals surface area contributed by atoms with Gasteiger partial charge >= 0.3 is 0 Å². The van der Waals surface area contributed by atoms with E-state index in [1.807, 2.05) is 48.5 Å². The molecule has 2 aromatic rings. The van der Waals surface area contributed by atoms with Gasteiger partial charge in [0.1, 0.15) is 5.75 Å². The van der Waals surface area contributed by atoms with E-state index >= 15 is 0 Å². The Labute approximate surface area is 160 Å². The van der Waals surface area contributed by atoms with Crippen molar-refractivity contribution >= 4 is 17.4 Å². The van der Waals surface area contributed by atoms with Gasteiger partial charge in [-0.1, -0.05) is 24.3 Å². The molecule has 0 spiro atoms. The van der Waals surface area contributed by atoms with Crippen LogP contribution in [0.4, 0.5) is 5.69 Å². The predicted octanol–water partition coefficient (Wildman–Crippen LogP) is 3.75. The van der Waals surface area contributed by atoms with Crippen molar-refractivity contribution in [2.24, 2.45) is 5.92 Å². The highest BCUT2D eigenvalue weighted by Crippen LogP contribution is 2.27. The van der Waals surface area contributed by atoms with Crippen molar-refractivity contribution in [3.8, 4) is 5.75 Å². The second kappa shape index (κ2) is 8.82. The lowest BCUT2D eigenvalue weighted by Crippen LogP contribution is -2.38. The van der Waals surface area contributed by atoms with Crippen LogP contribution in [0.2, 0.25) is 0 Å². The molecule has 142 valence electrons. The zero-order chi connectivity index (χ0) is 19.2. The maximum Gasteiger partial charge on any atom is 0.221 e. The largest absolute Gasteiger partial charge is 0.496 e. The molecule has 0 radical (unpaired) electrons. The summed E-state index contributed by atoms with van der Waals surface area (Å²) in [5, 5.41) is 2.78. The van der Waals surface area contributed by atoms with Crippen molar-refractivity contribution in [3.63, 3.8) is 0 Å². The lowest BCUT2D eigenvalue weighted by atomic mass is 9.89. The van der Waals surface area contributed by atoms with Crippen molar-refractivity contribution in [1.82, 2.24) is 4.90 Å². The van der Waals surface area contributed by atoms with Crippen molar-refractivity contribution in [2.45, 2.75) is 26.3 Å². The Morgan fingerprint density at radius 2 is 1.89 bits per heavy atom. The third-order valence-corrected chi connectivity index (χ3v) is 4.93. The van der Waals surface area contributed by atoms with Crippen LogP contribution in [0.15, 0.2) is 48.5 Å². The number of ketones is 1. The van der Waals surface area contributed by atoms with E-state index in [9.17, 15) is 9.59 Å². The number of nitrogens with zero attached hydrogens (tertiary/aromatic N) is 1. The van der Waals surface area contributed by atoms with Gasteiger partial charge in [0.2, 0.25) is 5.91 Å². The number of methoxy groups -OCH3 is 1. The van der Waals surface area contributed by atoms with E-state index in [0.717, 1.165) is 38.2 Å². The standard InChI is InChI=1S/C22H26N2O3/c1-16(25)23-19-11-9-17(10-12-19)14-24-13-5-6-18(15-24)22(26)20-7-3-4-8-21(20)27-2/h3-4,7-12,18H,5-6,13-15H2,1-2H3,(H,23,25). The minimum atomic E-state index is -0.0727. The highest BCUT2D eigenvalue weighted by Gasteiger charge is 2.28. The van der Waals surface area contributed by atoms with Crippen LogP contribution in [-0.2, 0) is 11.3 Å². The normalized spacial score (nSPS) is 17.3. The number of nitrogens with one attached hydrogen (secondary N) is 1. The number of carbonyl (C=O) groups is 2. The van der Waals surface area contributed by atoms with Gasteiger partial charge in [-0.2, -0.15) is 0 Å². The van der Waals surface area contributed by atoms with Gasteiger partial charge in [0.25, 0.3) is 0 Å². The third kappa shape index (κ3) is 4.95.